The molecule has 3 aromatic rings. The minimum atomic E-state index is -0.465. The smallest absolute Gasteiger partial charge is 0.337 e. The van der Waals surface area contributed by atoms with Gasteiger partial charge in [0, 0.05) is 17.9 Å². The fraction of sp³-hybridized carbons (Fsp3) is 0.211. The fourth-order valence-corrected chi connectivity index (χ4v) is 3.99. The lowest BCUT2D eigenvalue weighted by atomic mass is 10.1. The number of hydrogen-bond acceptors (Lipinski definition) is 5. The topological polar surface area (TPSA) is 60.7 Å². The molecule has 0 aliphatic carbocycles. The number of ether oxygens (including phenoxy) is 1. The van der Waals surface area contributed by atoms with Gasteiger partial charge in [0.2, 0.25) is 0 Å². The second-order valence-corrected chi connectivity index (χ2v) is 7.62. The number of methoxy groups -OCH3 is 1. The number of aromatic nitrogens is 1. The molecule has 0 unspecified atom stereocenters. The van der Waals surface area contributed by atoms with Gasteiger partial charge in [-0.3, -0.25) is 4.79 Å². The number of thiazole rings is 1. The van der Waals surface area contributed by atoms with Crippen LogP contribution in [0.5, 0.6) is 0 Å². The minimum absolute atomic E-state index is 0.322. The Kier molecular flexibility index (Phi) is 6.08. The van der Waals surface area contributed by atoms with Crippen molar-refractivity contribution in [1.82, 2.24) is 4.57 Å². The summed E-state index contributed by atoms with van der Waals surface area (Å²) in [6.45, 7) is 0.667. The molecule has 0 saturated heterocycles. The molecule has 0 radical (unpaired) electrons. The Labute approximate surface area is 163 Å². The van der Waals surface area contributed by atoms with Crippen molar-refractivity contribution in [3.8, 4) is 0 Å². The number of fused-ring (bicyclic) bond motifs is 1. The summed E-state index contributed by atoms with van der Waals surface area (Å²) >= 11 is 2.96. The highest BCUT2D eigenvalue weighted by Gasteiger charge is 2.11. The molecule has 5 nitrogen and oxygen atoms in total. The third-order valence-corrected chi connectivity index (χ3v) is 5.55. The first-order chi connectivity index (χ1) is 13.0. The van der Waals surface area contributed by atoms with Crippen molar-refractivity contribution in [2.75, 3.05) is 19.1 Å². The SMILES string of the molecule is COC(=O)c1ccc(C(=O)N=c2sc3cc(F)ccc3n2CCSC)cc1. The van der Waals surface area contributed by atoms with Gasteiger partial charge in [-0.1, -0.05) is 11.3 Å². The number of halogens is 1. The number of nitrogens with zero attached hydrogens (tertiary/aromatic N) is 2. The molecule has 1 amide bonds. The molecule has 0 bridgehead atoms. The number of carbonyl (C=O) groups excluding carboxylic acids is 2. The molecule has 0 fully saturated rings. The summed E-state index contributed by atoms with van der Waals surface area (Å²) in [4.78, 5) is 28.8. The van der Waals surface area contributed by atoms with Crippen LogP contribution in [-0.4, -0.2) is 35.6 Å². The number of rotatable bonds is 5. The predicted octanol–water partition coefficient (Wildman–Crippen LogP) is 3.73. The molecule has 0 saturated carbocycles. The van der Waals surface area contributed by atoms with E-state index < -0.39 is 11.9 Å². The average molecular weight is 404 g/mol. The molecule has 2 aromatic carbocycles. The Morgan fingerprint density at radius 1 is 1.19 bits per heavy atom. The zero-order valence-corrected chi connectivity index (χ0v) is 16.4. The van der Waals surface area contributed by atoms with E-state index in [1.54, 1.807) is 17.8 Å². The quantitative estimate of drug-likeness (QED) is 0.608. The van der Waals surface area contributed by atoms with Crippen molar-refractivity contribution in [2.45, 2.75) is 6.54 Å². The highest BCUT2D eigenvalue weighted by Crippen LogP contribution is 2.19. The lowest BCUT2D eigenvalue weighted by molar-refractivity contribution is 0.0600. The molecule has 8 heteroatoms. The van der Waals surface area contributed by atoms with Crippen molar-refractivity contribution in [2.24, 2.45) is 4.99 Å². The van der Waals surface area contributed by atoms with Gasteiger partial charge in [0.1, 0.15) is 5.82 Å². The van der Waals surface area contributed by atoms with Crippen LogP contribution >= 0.6 is 23.1 Å². The number of carbonyl (C=O) groups is 2. The van der Waals surface area contributed by atoms with Crippen LogP contribution in [0.15, 0.2) is 47.5 Å². The lowest BCUT2D eigenvalue weighted by Crippen LogP contribution is -2.18. The molecule has 1 aromatic heterocycles. The molecule has 140 valence electrons. The van der Waals surface area contributed by atoms with Crippen molar-refractivity contribution < 1.29 is 18.7 Å². The van der Waals surface area contributed by atoms with E-state index in [0.29, 0.717) is 22.5 Å². The van der Waals surface area contributed by atoms with E-state index in [-0.39, 0.29) is 5.82 Å². The first-order valence-corrected chi connectivity index (χ1v) is 10.3. The summed E-state index contributed by atoms with van der Waals surface area (Å²) in [6, 6.07) is 10.7. The van der Waals surface area contributed by atoms with E-state index in [2.05, 4.69) is 9.73 Å². The summed E-state index contributed by atoms with van der Waals surface area (Å²) in [7, 11) is 1.30. The van der Waals surface area contributed by atoms with Crippen LogP contribution in [0.4, 0.5) is 4.39 Å². The van der Waals surface area contributed by atoms with Crippen molar-refractivity contribution in [3.05, 3.63) is 64.2 Å². The number of aryl methyl sites for hydroxylation is 1. The van der Waals surface area contributed by atoms with Crippen LogP contribution in [-0.2, 0) is 11.3 Å². The summed E-state index contributed by atoms with van der Waals surface area (Å²) in [5.41, 5.74) is 1.58. The number of hydrogen-bond donors (Lipinski definition) is 0. The molecule has 1 heterocycles. The third kappa shape index (κ3) is 4.28. The molecule has 0 spiro atoms. The van der Waals surface area contributed by atoms with Gasteiger partial charge >= 0.3 is 5.97 Å². The Balaban J connectivity index is 2.01. The van der Waals surface area contributed by atoms with E-state index in [4.69, 9.17) is 0 Å². The Hall–Kier alpha value is -2.45. The van der Waals surface area contributed by atoms with Crippen LogP contribution in [0.3, 0.4) is 0 Å². The van der Waals surface area contributed by atoms with E-state index in [1.165, 1.54) is 54.8 Å². The molecule has 27 heavy (non-hydrogen) atoms. The molecule has 0 atom stereocenters. The molecular formula is C19H17FN2O3S2. The zero-order valence-electron chi connectivity index (χ0n) is 14.8. The van der Waals surface area contributed by atoms with E-state index in [9.17, 15) is 14.0 Å². The molecule has 0 aliphatic rings. The number of amides is 1. The number of benzene rings is 2. The van der Waals surface area contributed by atoms with Gasteiger partial charge in [-0.15, -0.1) is 0 Å². The first-order valence-electron chi connectivity index (χ1n) is 8.08. The van der Waals surface area contributed by atoms with Gasteiger partial charge in [-0.05, 0) is 48.7 Å². The zero-order chi connectivity index (χ0) is 19.4. The van der Waals surface area contributed by atoms with Gasteiger partial charge in [-0.25, -0.2) is 9.18 Å². The maximum absolute atomic E-state index is 13.5. The second kappa shape index (κ2) is 8.49. The van der Waals surface area contributed by atoms with E-state index in [0.717, 1.165) is 16.0 Å². The van der Waals surface area contributed by atoms with E-state index >= 15 is 0 Å². The molecule has 3 rings (SSSR count). The van der Waals surface area contributed by atoms with Crippen molar-refractivity contribution >= 4 is 45.2 Å². The largest absolute Gasteiger partial charge is 0.465 e. The standard InChI is InChI=1S/C19H17FN2O3S2/c1-25-18(24)13-5-3-12(4-6-13)17(23)21-19-22(9-10-26-2)15-8-7-14(20)11-16(15)27-19/h3-8,11H,9-10H2,1-2H3. The number of esters is 1. The van der Waals surface area contributed by atoms with Gasteiger partial charge in [0.25, 0.3) is 5.91 Å². The predicted molar refractivity (Wildman–Crippen MR) is 106 cm³/mol. The molecule has 0 N–H and O–H groups in total. The minimum Gasteiger partial charge on any atom is -0.465 e. The van der Waals surface area contributed by atoms with Gasteiger partial charge in [-0.2, -0.15) is 16.8 Å². The monoisotopic (exact) mass is 404 g/mol. The highest BCUT2D eigenvalue weighted by atomic mass is 32.2. The van der Waals surface area contributed by atoms with Crippen LogP contribution in [0.2, 0.25) is 0 Å². The third-order valence-electron chi connectivity index (χ3n) is 3.91. The maximum atomic E-state index is 13.5. The first kappa shape index (κ1) is 19.3. The number of thioether (sulfide) groups is 1. The molecular weight excluding hydrogens is 387 g/mol. The summed E-state index contributed by atoms with van der Waals surface area (Å²) in [5.74, 6) is -0.362. The van der Waals surface area contributed by atoms with Gasteiger partial charge in [0.05, 0.1) is 22.9 Å². The Morgan fingerprint density at radius 3 is 2.56 bits per heavy atom. The summed E-state index contributed by atoms with van der Waals surface area (Å²) < 4.78 is 20.9. The van der Waals surface area contributed by atoms with Crippen LogP contribution in [0.25, 0.3) is 10.2 Å². The molecule has 0 aliphatic heterocycles. The second-order valence-electron chi connectivity index (χ2n) is 5.63. The fourth-order valence-electron chi connectivity index (χ4n) is 2.55. The maximum Gasteiger partial charge on any atom is 0.337 e. The Morgan fingerprint density at radius 2 is 1.89 bits per heavy atom. The van der Waals surface area contributed by atoms with Gasteiger partial charge < -0.3 is 9.30 Å². The van der Waals surface area contributed by atoms with Crippen molar-refractivity contribution in [1.29, 1.82) is 0 Å². The van der Waals surface area contributed by atoms with Crippen LogP contribution < -0.4 is 4.80 Å². The Bertz CT molecular complexity index is 1050. The van der Waals surface area contributed by atoms with E-state index in [1.807, 2.05) is 10.8 Å². The van der Waals surface area contributed by atoms with Crippen molar-refractivity contribution in [3.63, 3.8) is 0 Å². The van der Waals surface area contributed by atoms with Crippen LogP contribution in [0, 0.1) is 5.82 Å². The summed E-state index contributed by atoms with van der Waals surface area (Å²) in [5, 5.41) is 0. The van der Waals surface area contributed by atoms with Crippen LogP contribution in [0.1, 0.15) is 20.7 Å². The van der Waals surface area contributed by atoms with Gasteiger partial charge in [0.15, 0.2) is 4.80 Å². The normalized spacial score (nSPS) is 11.7. The summed E-state index contributed by atoms with van der Waals surface area (Å²) in [6.07, 6.45) is 2.00. The average Bonchev–Trinajstić information content (AvgIpc) is 3.01. The highest BCUT2D eigenvalue weighted by molar-refractivity contribution is 7.98. The lowest BCUT2D eigenvalue weighted by Gasteiger charge is -2.04.